The average Bonchev–Trinajstić information content (AvgIpc) is 3.31. The summed E-state index contributed by atoms with van der Waals surface area (Å²) in [5.41, 5.74) is 9.23. The summed E-state index contributed by atoms with van der Waals surface area (Å²) in [6.07, 6.45) is 2.56. The molecular formula is C17H17ClN2O. The Morgan fingerprint density at radius 2 is 2.00 bits per heavy atom. The van der Waals surface area contributed by atoms with Crippen molar-refractivity contribution in [2.45, 2.75) is 25.3 Å². The van der Waals surface area contributed by atoms with Crippen molar-refractivity contribution in [2.24, 2.45) is 5.73 Å². The third-order valence-corrected chi connectivity index (χ3v) is 4.12. The molecule has 3 rings (SSSR count). The molecule has 0 bridgehead atoms. The van der Waals surface area contributed by atoms with Gasteiger partial charge in [0.25, 0.3) is 0 Å². The molecule has 0 aromatic heterocycles. The summed E-state index contributed by atoms with van der Waals surface area (Å²) in [5, 5.41) is 3.72. The molecule has 0 aliphatic heterocycles. The lowest BCUT2D eigenvalue weighted by molar-refractivity contribution is 0.100. The fraction of sp³-hybridized carbons (Fsp3) is 0.235. The number of anilines is 1. The molecule has 1 saturated carbocycles. The Kier molecular flexibility index (Phi) is 3.84. The van der Waals surface area contributed by atoms with E-state index >= 15 is 0 Å². The molecule has 0 atom stereocenters. The molecule has 1 aliphatic rings. The van der Waals surface area contributed by atoms with Crippen LogP contribution >= 0.6 is 11.6 Å². The van der Waals surface area contributed by atoms with E-state index in [-0.39, 0.29) is 0 Å². The van der Waals surface area contributed by atoms with E-state index in [1.807, 2.05) is 6.07 Å². The van der Waals surface area contributed by atoms with Crippen molar-refractivity contribution in [1.82, 2.24) is 0 Å². The predicted octanol–water partition coefficient (Wildman–Crippen LogP) is 3.93. The molecule has 2 aromatic carbocycles. The molecule has 4 heteroatoms. The van der Waals surface area contributed by atoms with E-state index in [1.165, 1.54) is 24.0 Å². The fourth-order valence-electron chi connectivity index (χ4n) is 2.51. The van der Waals surface area contributed by atoms with Crippen molar-refractivity contribution in [3.05, 3.63) is 64.2 Å². The Morgan fingerprint density at radius 3 is 2.71 bits per heavy atom. The number of rotatable bonds is 5. The summed E-state index contributed by atoms with van der Waals surface area (Å²) >= 11 is 5.95. The zero-order valence-corrected chi connectivity index (χ0v) is 12.4. The molecule has 0 unspecified atom stereocenters. The maximum absolute atomic E-state index is 11.3. The predicted molar refractivity (Wildman–Crippen MR) is 85.7 cm³/mol. The number of nitrogens with two attached hydrogens (primary N) is 1. The van der Waals surface area contributed by atoms with Gasteiger partial charge in [0, 0.05) is 12.2 Å². The third-order valence-electron chi connectivity index (χ3n) is 3.79. The normalized spacial score (nSPS) is 14.0. The van der Waals surface area contributed by atoms with Gasteiger partial charge in [-0.2, -0.15) is 0 Å². The van der Waals surface area contributed by atoms with Crippen LogP contribution in [0.15, 0.2) is 42.5 Å². The minimum atomic E-state index is -0.512. The molecule has 0 saturated heterocycles. The van der Waals surface area contributed by atoms with Gasteiger partial charge in [0.05, 0.1) is 10.6 Å². The third kappa shape index (κ3) is 3.19. The number of amides is 1. The Labute approximate surface area is 129 Å². The Hall–Kier alpha value is -2.00. The van der Waals surface area contributed by atoms with Crippen molar-refractivity contribution in [1.29, 1.82) is 0 Å². The van der Waals surface area contributed by atoms with Gasteiger partial charge in [0.1, 0.15) is 0 Å². The van der Waals surface area contributed by atoms with Crippen LogP contribution in [0.1, 0.15) is 40.2 Å². The number of halogens is 1. The van der Waals surface area contributed by atoms with Crippen LogP contribution in [0.3, 0.4) is 0 Å². The molecule has 108 valence electrons. The van der Waals surface area contributed by atoms with Gasteiger partial charge in [-0.05, 0) is 48.1 Å². The number of nitrogens with one attached hydrogen (secondary N) is 1. The van der Waals surface area contributed by atoms with E-state index in [4.69, 9.17) is 17.3 Å². The van der Waals surface area contributed by atoms with Gasteiger partial charge in [-0.25, -0.2) is 0 Å². The number of hydrogen-bond donors (Lipinski definition) is 2. The number of hydrogen-bond acceptors (Lipinski definition) is 2. The topological polar surface area (TPSA) is 55.1 Å². The quantitative estimate of drug-likeness (QED) is 0.879. The molecule has 1 fully saturated rings. The summed E-state index contributed by atoms with van der Waals surface area (Å²) in [6, 6.07) is 13.7. The molecule has 0 spiro atoms. The average molecular weight is 301 g/mol. The second-order valence-electron chi connectivity index (χ2n) is 5.39. The summed E-state index contributed by atoms with van der Waals surface area (Å²) in [6.45, 7) is 0.729. The Bertz CT molecular complexity index is 680. The van der Waals surface area contributed by atoms with Crippen LogP contribution in [0.25, 0.3) is 0 Å². The first-order valence-electron chi connectivity index (χ1n) is 7.06. The maximum atomic E-state index is 11.3. The highest BCUT2D eigenvalue weighted by Gasteiger charge is 2.25. The van der Waals surface area contributed by atoms with E-state index in [0.29, 0.717) is 10.6 Å². The first-order chi connectivity index (χ1) is 10.1. The standard InChI is InChI=1S/C17H17ClN2O/c18-16-8-7-13(9-15(16)17(19)21)20-10-12-3-1-2-4-14(12)11-5-6-11/h1-4,7-9,11,20H,5-6,10H2,(H2,19,21). The summed E-state index contributed by atoms with van der Waals surface area (Å²) < 4.78 is 0. The highest BCUT2D eigenvalue weighted by molar-refractivity contribution is 6.33. The first kappa shape index (κ1) is 14.0. The van der Waals surface area contributed by atoms with Crippen LogP contribution in [0.2, 0.25) is 5.02 Å². The summed E-state index contributed by atoms with van der Waals surface area (Å²) in [4.78, 5) is 11.3. The van der Waals surface area contributed by atoms with Gasteiger partial charge in [0.15, 0.2) is 0 Å². The summed E-state index contributed by atoms with van der Waals surface area (Å²) in [7, 11) is 0. The molecule has 1 amide bonds. The van der Waals surface area contributed by atoms with Crippen LogP contribution in [0.4, 0.5) is 5.69 Å². The van der Waals surface area contributed by atoms with Crippen molar-refractivity contribution in [3.63, 3.8) is 0 Å². The summed E-state index contributed by atoms with van der Waals surface area (Å²) in [5.74, 6) is 0.205. The van der Waals surface area contributed by atoms with Gasteiger partial charge < -0.3 is 11.1 Å². The smallest absolute Gasteiger partial charge is 0.250 e. The van der Waals surface area contributed by atoms with E-state index in [2.05, 4.69) is 29.6 Å². The van der Waals surface area contributed by atoms with Crippen molar-refractivity contribution < 1.29 is 4.79 Å². The second kappa shape index (κ2) is 5.78. The highest BCUT2D eigenvalue weighted by Crippen LogP contribution is 2.41. The lowest BCUT2D eigenvalue weighted by Gasteiger charge is -2.12. The van der Waals surface area contributed by atoms with Gasteiger partial charge in [0.2, 0.25) is 5.91 Å². The van der Waals surface area contributed by atoms with E-state index in [1.54, 1.807) is 12.1 Å². The molecule has 0 heterocycles. The van der Waals surface area contributed by atoms with Gasteiger partial charge >= 0.3 is 0 Å². The van der Waals surface area contributed by atoms with Crippen LogP contribution in [-0.4, -0.2) is 5.91 Å². The minimum absolute atomic E-state index is 0.345. The molecule has 1 aliphatic carbocycles. The molecule has 0 radical (unpaired) electrons. The molecular weight excluding hydrogens is 284 g/mol. The second-order valence-corrected chi connectivity index (χ2v) is 5.79. The molecule has 2 aromatic rings. The number of carbonyl (C=O) groups excluding carboxylic acids is 1. The van der Waals surface area contributed by atoms with Crippen molar-refractivity contribution >= 4 is 23.2 Å². The monoisotopic (exact) mass is 300 g/mol. The molecule has 3 N–H and O–H groups in total. The van der Waals surface area contributed by atoms with Crippen molar-refractivity contribution in [3.8, 4) is 0 Å². The van der Waals surface area contributed by atoms with Crippen LogP contribution in [0, 0.1) is 0 Å². The van der Waals surface area contributed by atoms with E-state index in [9.17, 15) is 4.79 Å². The number of benzene rings is 2. The molecule has 21 heavy (non-hydrogen) atoms. The van der Waals surface area contributed by atoms with Crippen LogP contribution in [-0.2, 0) is 6.54 Å². The lowest BCUT2D eigenvalue weighted by Crippen LogP contribution is -2.12. The zero-order valence-electron chi connectivity index (χ0n) is 11.6. The van der Waals surface area contributed by atoms with Gasteiger partial charge in [-0.1, -0.05) is 35.9 Å². The van der Waals surface area contributed by atoms with Crippen LogP contribution in [0.5, 0.6) is 0 Å². The van der Waals surface area contributed by atoms with E-state index < -0.39 is 5.91 Å². The largest absolute Gasteiger partial charge is 0.381 e. The molecule has 3 nitrogen and oxygen atoms in total. The first-order valence-corrected chi connectivity index (χ1v) is 7.44. The van der Waals surface area contributed by atoms with E-state index in [0.717, 1.165) is 18.2 Å². The number of carbonyl (C=O) groups is 1. The lowest BCUT2D eigenvalue weighted by atomic mass is 10.0. The van der Waals surface area contributed by atoms with Crippen LogP contribution < -0.4 is 11.1 Å². The highest BCUT2D eigenvalue weighted by atomic mass is 35.5. The SMILES string of the molecule is NC(=O)c1cc(NCc2ccccc2C2CC2)ccc1Cl. The maximum Gasteiger partial charge on any atom is 0.250 e. The van der Waals surface area contributed by atoms with Gasteiger partial charge in [-0.3, -0.25) is 4.79 Å². The van der Waals surface area contributed by atoms with Gasteiger partial charge in [-0.15, -0.1) is 0 Å². The zero-order chi connectivity index (χ0) is 14.8. The fourth-order valence-corrected chi connectivity index (χ4v) is 2.72. The number of primary amides is 1. The Balaban J connectivity index is 1.76. The van der Waals surface area contributed by atoms with Crippen molar-refractivity contribution in [2.75, 3.05) is 5.32 Å². The Morgan fingerprint density at radius 1 is 1.24 bits per heavy atom. The minimum Gasteiger partial charge on any atom is -0.381 e.